The first kappa shape index (κ1) is 16.5. The van der Waals surface area contributed by atoms with Crippen molar-refractivity contribution in [2.45, 2.75) is 6.18 Å². The first-order valence-electron chi connectivity index (χ1n) is 6.21. The second-order valence-corrected chi connectivity index (χ2v) is 4.23. The molecule has 1 heterocycles. The maximum Gasteiger partial charge on any atom is 0.452 e. The lowest BCUT2D eigenvalue weighted by Gasteiger charge is -2.08. The van der Waals surface area contributed by atoms with Crippen LogP contribution >= 0.6 is 0 Å². The molecule has 0 unspecified atom stereocenters. The zero-order valence-electron chi connectivity index (χ0n) is 12.0. The highest BCUT2D eigenvalue weighted by Crippen LogP contribution is 2.33. The average molecular weight is 328 g/mol. The Bertz CT molecular complexity index is 738. The molecule has 0 aliphatic rings. The molecule has 0 aliphatic carbocycles. The number of halogens is 3. The van der Waals surface area contributed by atoms with Gasteiger partial charge >= 0.3 is 12.1 Å². The van der Waals surface area contributed by atoms with Gasteiger partial charge in [0.15, 0.2) is 5.71 Å². The van der Waals surface area contributed by atoms with E-state index in [1.165, 1.54) is 19.2 Å². The number of aromatic nitrogens is 1. The number of hydrogen-bond acceptors (Lipinski definition) is 6. The lowest BCUT2D eigenvalue weighted by Crippen LogP contribution is -2.18. The predicted molar refractivity (Wildman–Crippen MR) is 72.5 cm³/mol. The summed E-state index contributed by atoms with van der Waals surface area (Å²) < 4.78 is 46.8. The molecule has 122 valence electrons. The number of ether oxygens (including phenoxy) is 1. The fourth-order valence-electron chi connectivity index (χ4n) is 1.83. The molecule has 0 fully saturated rings. The molecule has 0 bridgehead atoms. The second-order valence-electron chi connectivity index (χ2n) is 4.23. The molecular formula is C14H11F3N2O4. The van der Waals surface area contributed by atoms with E-state index in [2.05, 4.69) is 24.4 Å². The number of benzene rings is 1. The van der Waals surface area contributed by atoms with Gasteiger partial charge in [-0.25, -0.2) is 4.79 Å². The lowest BCUT2D eigenvalue weighted by molar-refractivity contribution is -0.155. The molecule has 0 saturated carbocycles. The quantitative estimate of drug-likeness (QED) is 0.490. The molecule has 2 aromatic rings. The van der Waals surface area contributed by atoms with Crippen molar-refractivity contribution in [3.05, 3.63) is 41.7 Å². The Hall–Kier alpha value is -2.84. The third-order valence-corrected chi connectivity index (χ3v) is 2.81. The first-order valence-corrected chi connectivity index (χ1v) is 6.21. The zero-order valence-corrected chi connectivity index (χ0v) is 12.0. The van der Waals surface area contributed by atoms with Crippen LogP contribution in [-0.2, 0) is 20.5 Å². The van der Waals surface area contributed by atoms with E-state index in [1.54, 1.807) is 12.1 Å². The minimum absolute atomic E-state index is 0.0966. The summed E-state index contributed by atoms with van der Waals surface area (Å²) in [6.07, 6.45) is -4.66. The lowest BCUT2D eigenvalue weighted by atomic mass is 10.0. The summed E-state index contributed by atoms with van der Waals surface area (Å²) in [6.45, 7) is 0. The summed E-state index contributed by atoms with van der Waals surface area (Å²) >= 11 is 0. The molecule has 6 nitrogen and oxygen atoms in total. The van der Waals surface area contributed by atoms with E-state index in [9.17, 15) is 18.0 Å². The van der Waals surface area contributed by atoms with Crippen LogP contribution < -0.4 is 0 Å². The molecule has 0 atom stereocenters. The Kier molecular flexibility index (Phi) is 4.68. The molecule has 0 aliphatic heterocycles. The second kappa shape index (κ2) is 6.51. The number of alkyl halides is 3. The smallest absolute Gasteiger partial charge is 0.452 e. The van der Waals surface area contributed by atoms with Crippen molar-refractivity contribution in [2.75, 3.05) is 14.2 Å². The van der Waals surface area contributed by atoms with Gasteiger partial charge in [-0.05, 0) is 0 Å². The molecule has 0 N–H and O–H groups in total. The van der Waals surface area contributed by atoms with Gasteiger partial charge < -0.3 is 14.1 Å². The van der Waals surface area contributed by atoms with E-state index >= 15 is 0 Å². The van der Waals surface area contributed by atoms with E-state index in [1.807, 2.05) is 0 Å². The van der Waals surface area contributed by atoms with Crippen LogP contribution in [0.15, 0.2) is 40.0 Å². The van der Waals surface area contributed by atoms with E-state index in [0.717, 1.165) is 13.2 Å². The van der Waals surface area contributed by atoms with Crippen LogP contribution in [0.3, 0.4) is 0 Å². The van der Waals surface area contributed by atoms with Crippen molar-refractivity contribution in [3.8, 4) is 11.3 Å². The topological polar surface area (TPSA) is 73.9 Å². The Morgan fingerprint density at radius 2 is 1.96 bits per heavy atom. The van der Waals surface area contributed by atoms with Crippen LogP contribution in [0.4, 0.5) is 13.2 Å². The van der Waals surface area contributed by atoms with Crippen molar-refractivity contribution in [2.24, 2.45) is 5.16 Å². The molecule has 0 amide bonds. The molecule has 0 spiro atoms. The number of methoxy groups -OCH3 is 1. The largest absolute Gasteiger partial charge is 0.464 e. The van der Waals surface area contributed by atoms with Gasteiger partial charge in [0.1, 0.15) is 12.8 Å². The number of hydrogen-bond donors (Lipinski definition) is 0. The van der Waals surface area contributed by atoms with Gasteiger partial charge in [-0.15, -0.1) is 0 Å². The summed E-state index contributed by atoms with van der Waals surface area (Å²) in [5.74, 6) is -2.05. The zero-order chi connectivity index (χ0) is 17.0. The van der Waals surface area contributed by atoms with Gasteiger partial charge in [0, 0.05) is 17.2 Å². The molecule has 23 heavy (non-hydrogen) atoms. The molecule has 1 aromatic heterocycles. The number of oxime groups is 1. The van der Waals surface area contributed by atoms with Crippen LogP contribution in [0, 0.1) is 0 Å². The summed E-state index contributed by atoms with van der Waals surface area (Å²) in [6, 6.07) is 6.84. The Morgan fingerprint density at radius 1 is 1.26 bits per heavy atom. The standard InChI is InChI=1S/C14H11F3N2O4/c1-21-13(20)12(19-22-2)9-6-4-3-5-8(9)10-7-11(23-18-10)14(15,16)17/h3-7H,1-2H3. The number of rotatable bonds is 4. The van der Waals surface area contributed by atoms with Crippen molar-refractivity contribution >= 4 is 11.7 Å². The van der Waals surface area contributed by atoms with E-state index < -0.39 is 17.9 Å². The maximum atomic E-state index is 12.6. The Morgan fingerprint density at radius 3 is 2.52 bits per heavy atom. The van der Waals surface area contributed by atoms with Crippen LogP contribution in [0.2, 0.25) is 0 Å². The fraction of sp³-hybridized carbons (Fsp3) is 0.214. The fourth-order valence-corrected chi connectivity index (χ4v) is 1.83. The number of carbonyl (C=O) groups excluding carboxylic acids is 1. The Balaban J connectivity index is 2.55. The molecule has 2 rings (SSSR count). The summed E-state index contributed by atoms with van der Waals surface area (Å²) in [7, 11) is 2.37. The molecule has 0 saturated heterocycles. The minimum Gasteiger partial charge on any atom is -0.464 e. The summed E-state index contributed by atoms with van der Waals surface area (Å²) in [5, 5.41) is 6.97. The maximum absolute atomic E-state index is 12.6. The van der Waals surface area contributed by atoms with Crippen LogP contribution in [0.5, 0.6) is 0 Å². The molecule has 9 heteroatoms. The van der Waals surface area contributed by atoms with Crippen molar-refractivity contribution in [1.29, 1.82) is 0 Å². The van der Waals surface area contributed by atoms with Gasteiger partial charge in [0.2, 0.25) is 5.76 Å². The minimum atomic E-state index is -4.66. The van der Waals surface area contributed by atoms with Crippen LogP contribution in [-0.4, -0.2) is 31.1 Å². The third kappa shape index (κ3) is 3.50. The van der Waals surface area contributed by atoms with Gasteiger partial charge in [-0.3, -0.25) is 0 Å². The van der Waals surface area contributed by atoms with Crippen molar-refractivity contribution in [1.82, 2.24) is 5.16 Å². The van der Waals surface area contributed by atoms with Crippen LogP contribution in [0.25, 0.3) is 11.3 Å². The highest BCUT2D eigenvalue weighted by Gasteiger charge is 2.36. The van der Waals surface area contributed by atoms with Gasteiger partial charge in [-0.2, -0.15) is 13.2 Å². The third-order valence-electron chi connectivity index (χ3n) is 2.81. The van der Waals surface area contributed by atoms with E-state index in [-0.39, 0.29) is 22.5 Å². The van der Waals surface area contributed by atoms with E-state index in [4.69, 9.17) is 0 Å². The number of carbonyl (C=O) groups is 1. The van der Waals surface area contributed by atoms with E-state index in [0.29, 0.717) is 0 Å². The monoisotopic (exact) mass is 328 g/mol. The number of nitrogens with zero attached hydrogens (tertiary/aromatic N) is 2. The molecule has 0 radical (unpaired) electrons. The van der Waals surface area contributed by atoms with Gasteiger partial charge in [0.25, 0.3) is 0 Å². The van der Waals surface area contributed by atoms with Crippen molar-refractivity contribution in [3.63, 3.8) is 0 Å². The average Bonchev–Trinajstić information content (AvgIpc) is 3.02. The Labute approximate surface area is 128 Å². The molecule has 1 aromatic carbocycles. The number of esters is 1. The predicted octanol–water partition coefficient (Wildman–Crippen LogP) is 2.88. The normalized spacial score (nSPS) is 12.1. The summed E-state index contributed by atoms with van der Waals surface area (Å²) in [5.41, 5.74) is 0.110. The van der Waals surface area contributed by atoms with Gasteiger partial charge in [0.05, 0.1) is 7.11 Å². The van der Waals surface area contributed by atoms with Crippen molar-refractivity contribution < 1.29 is 32.1 Å². The first-order chi connectivity index (χ1) is 10.9. The molecular weight excluding hydrogens is 317 g/mol. The highest BCUT2D eigenvalue weighted by molar-refractivity contribution is 6.44. The highest BCUT2D eigenvalue weighted by atomic mass is 19.4. The SMILES string of the molecule is CON=C(C(=O)OC)c1ccccc1-c1cc(C(F)(F)F)on1. The summed E-state index contributed by atoms with van der Waals surface area (Å²) in [4.78, 5) is 16.4. The van der Waals surface area contributed by atoms with Crippen LogP contribution in [0.1, 0.15) is 11.3 Å². The van der Waals surface area contributed by atoms with Gasteiger partial charge in [-0.1, -0.05) is 34.6 Å².